The van der Waals surface area contributed by atoms with E-state index in [0.29, 0.717) is 28.2 Å². The second kappa shape index (κ2) is 5.50. The summed E-state index contributed by atoms with van der Waals surface area (Å²) in [5.74, 6) is 0.526. The zero-order chi connectivity index (χ0) is 16.7. The van der Waals surface area contributed by atoms with Gasteiger partial charge in [-0.2, -0.15) is 9.50 Å². The number of hydrogen-bond donors (Lipinski definition) is 0. The molecule has 0 unspecified atom stereocenters. The van der Waals surface area contributed by atoms with Crippen LogP contribution in [-0.4, -0.2) is 31.3 Å². The van der Waals surface area contributed by atoms with Gasteiger partial charge in [0.25, 0.3) is 11.3 Å². The molecule has 3 aromatic heterocycles. The van der Waals surface area contributed by atoms with E-state index >= 15 is 0 Å². The first-order chi connectivity index (χ1) is 11.7. The third-order valence-electron chi connectivity index (χ3n) is 3.66. The number of pyridine rings is 1. The van der Waals surface area contributed by atoms with Crippen molar-refractivity contribution in [3.05, 3.63) is 64.7 Å². The minimum absolute atomic E-state index is 0.261. The lowest BCUT2D eigenvalue weighted by atomic mass is 10.2. The molecule has 0 aliphatic rings. The molecule has 8 heteroatoms. The average Bonchev–Trinajstić information content (AvgIpc) is 2.99. The Morgan fingerprint density at radius 2 is 2.00 bits per heavy atom. The van der Waals surface area contributed by atoms with Crippen molar-refractivity contribution in [1.29, 1.82) is 0 Å². The maximum absolute atomic E-state index is 13.1. The van der Waals surface area contributed by atoms with E-state index in [4.69, 9.17) is 4.74 Å². The Labute approximate surface area is 135 Å². The minimum Gasteiger partial charge on any atom is -0.377 e. The van der Waals surface area contributed by atoms with Gasteiger partial charge in [0.15, 0.2) is 5.82 Å². The third-order valence-corrected chi connectivity index (χ3v) is 3.66. The van der Waals surface area contributed by atoms with E-state index in [1.165, 1.54) is 27.4 Å². The number of rotatable bonds is 3. The van der Waals surface area contributed by atoms with Crippen LogP contribution in [0.15, 0.2) is 47.5 Å². The Balaban J connectivity index is 1.94. The van der Waals surface area contributed by atoms with Gasteiger partial charge >= 0.3 is 0 Å². The molecule has 0 radical (unpaired) electrons. The predicted octanol–water partition coefficient (Wildman–Crippen LogP) is 1.71. The lowest BCUT2D eigenvalue weighted by molar-refractivity contribution is 0.178. The van der Waals surface area contributed by atoms with Crippen molar-refractivity contribution in [2.75, 3.05) is 7.11 Å². The minimum atomic E-state index is -0.357. The molecular formula is C16H12FN5O2. The molecule has 0 spiro atoms. The summed E-state index contributed by atoms with van der Waals surface area (Å²) in [4.78, 5) is 21.2. The van der Waals surface area contributed by atoms with E-state index < -0.39 is 0 Å². The second-order valence-corrected chi connectivity index (χ2v) is 5.20. The number of benzene rings is 1. The first-order valence-corrected chi connectivity index (χ1v) is 7.18. The molecule has 3 heterocycles. The summed E-state index contributed by atoms with van der Waals surface area (Å²) in [5.41, 5.74) is 0.901. The van der Waals surface area contributed by atoms with Crippen molar-refractivity contribution >= 4 is 16.7 Å². The summed E-state index contributed by atoms with van der Waals surface area (Å²) < 4.78 is 21.0. The van der Waals surface area contributed by atoms with Gasteiger partial charge in [-0.3, -0.25) is 9.36 Å². The van der Waals surface area contributed by atoms with Gasteiger partial charge in [0.05, 0.1) is 10.9 Å². The van der Waals surface area contributed by atoms with Crippen LogP contribution in [0, 0.1) is 5.82 Å². The van der Waals surface area contributed by atoms with Crippen LogP contribution in [0.5, 0.6) is 0 Å². The molecule has 0 N–H and O–H groups in total. The van der Waals surface area contributed by atoms with Crippen molar-refractivity contribution in [3.63, 3.8) is 0 Å². The molecule has 7 nitrogen and oxygen atoms in total. The van der Waals surface area contributed by atoms with Crippen molar-refractivity contribution in [2.45, 2.75) is 6.61 Å². The summed E-state index contributed by atoms with van der Waals surface area (Å²) in [5, 5.41) is 4.70. The molecular weight excluding hydrogens is 313 g/mol. The number of ether oxygens (including phenoxy) is 1. The SMILES string of the molecule is COCc1nc2ncc3c(=O)n(-c4ccc(F)cc4)ccc3n2n1. The molecule has 0 amide bonds. The van der Waals surface area contributed by atoms with Crippen LogP contribution in [0.3, 0.4) is 0 Å². The monoisotopic (exact) mass is 325 g/mol. The quantitative estimate of drug-likeness (QED) is 0.573. The normalized spacial score (nSPS) is 11.4. The Morgan fingerprint density at radius 1 is 1.21 bits per heavy atom. The Bertz CT molecular complexity index is 1100. The van der Waals surface area contributed by atoms with Crippen LogP contribution >= 0.6 is 0 Å². The zero-order valence-electron chi connectivity index (χ0n) is 12.7. The first kappa shape index (κ1) is 14.5. The van der Waals surface area contributed by atoms with Crippen LogP contribution in [0.25, 0.3) is 22.4 Å². The van der Waals surface area contributed by atoms with Gasteiger partial charge < -0.3 is 4.74 Å². The molecule has 0 bridgehead atoms. The fourth-order valence-corrected chi connectivity index (χ4v) is 2.56. The second-order valence-electron chi connectivity index (χ2n) is 5.20. The van der Waals surface area contributed by atoms with Gasteiger partial charge in [0.1, 0.15) is 12.4 Å². The maximum Gasteiger partial charge on any atom is 0.266 e. The van der Waals surface area contributed by atoms with Crippen LogP contribution in [-0.2, 0) is 11.3 Å². The van der Waals surface area contributed by atoms with Crippen LogP contribution < -0.4 is 5.56 Å². The number of halogens is 1. The molecule has 0 atom stereocenters. The van der Waals surface area contributed by atoms with Gasteiger partial charge in [-0.25, -0.2) is 9.37 Å². The van der Waals surface area contributed by atoms with E-state index in [1.54, 1.807) is 31.5 Å². The standard InChI is InChI=1S/C16H12FN5O2/c1-24-9-14-19-16-18-8-12-13(22(16)20-14)6-7-21(15(12)23)11-4-2-10(17)3-5-11/h2-8H,9H2,1H3. The molecule has 0 aliphatic carbocycles. The van der Waals surface area contributed by atoms with E-state index in [2.05, 4.69) is 15.1 Å². The van der Waals surface area contributed by atoms with E-state index in [0.717, 1.165) is 0 Å². The van der Waals surface area contributed by atoms with Crippen molar-refractivity contribution in [2.24, 2.45) is 0 Å². The highest BCUT2D eigenvalue weighted by atomic mass is 19.1. The molecule has 0 fully saturated rings. The number of hydrogen-bond acceptors (Lipinski definition) is 5. The van der Waals surface area contributed by atoms with E-state index in [-0.39, 0.29) is 18.0 Å². The summed E-state index contributed by atoms with van der Waals surface area (Å²) in [6.45, 7) is 0.261. The topological polar surface area (TPSA) is 74.3 Å². The Hall–Kier alpha value is -3.13. The highest BCUT2D eigenvalue weighted by molar-refractivity contribution is 5.78. The molecule has 0 aliphatic heterocycles. The zero-order valence-corrected chi connectivity index (χ0v) is 12.7. The smallest absolute Gasteiger partial charge is 0.266 e. The highest BCUT2D eigenvalue weighted by Crippen LogP contribution is 2.13. The third kappa shape index (κ3) is 2.24. The van der Waals surface area contributed by atoms with Crippen LogP contribution in [0.4, 0.5) is 4.39 Å². The molecule has 120 valence electrons. The van der Waals surface area contributed by atoms with Gasteiger partial charge in [-0.15, -0.1) is 5.10 Å². The summed E-state index contributed by atoms with van der Waals surface area (Å²) in [7, 11) is 1.55. The highest BCUT2D eigenvalue weighted by Gasteiger charge is 2.12. The predicted molar refractivity (Wildman–Crippen MR) is 84.6 cm³/mol. The van der Waals surface area contributed by atoms with Gasteiger partial charge in [0.2, 0.25) is 0 Å². The fourth-order valence-electron chi connectivity index (χ4n) is 2.56. The van der Waals surface area contributed by atoms with Crippen molar-refractivity contribution in [3.8, 4) is 5.69 Å². The van der Waals surface area contributed by atoms with Crippen molar-refractivity contribution < 1.29 is 9.13 Å². The van der Waals surface area contributed by atoms with Crippen LogP contribution in [0.1, 0.15) is 5.82 Å². The Morgan fingerprint density at radius 3 is 2.75 bits per heavy atom. The molecule has 1 aromatic carbocycles. The van der Waals surface area contributed by atoms with E-state index in [1.807, 2.05) is 0 Å². The van der Waals surface area contributed by atoms with Crippen LogP contribution in [0.2, 0.25) is 0 Å². The summed E-state index contributed by atoms with van der Waals surface area (Å²) in [6.07, 6.45) is 3.09. The maximum atomic E-state index is 13.1. The van der Waals surface area contributed by atoms with E-state index in [9.17, 15) is 9.18 Å². The molecule has 24 heavy (non-hydrogen) atoms. The lowest BCUT2D eigenvalue weighted by Crippen LogP contribution is -2.18. The van der Waals surface area contributed by atoms with Crippen molar-refractivity contribution in [1.82, 2.24) is 24.1 Å². The summed E-state index contributed by atoms with van der Waals surface area (Å²) >= 11 is 0. The number of fused-ring (bicyclic) bond motifs is 3. The first-order valence-electron chi connectivity index (χ1n) is 7.18. The van der Waals surface area contributed by atoms with Gasteiger partial charge in [0, 0.05) is 25.2 Å². The molecule has 0 saturated carbocycles. The van der Waals surface area contributed by atoms with Gasteiger partial charge in [-0.1, -0.05) is 0 Å². The molecule has 4 aromatic rings. The fraction of sp³-hybridized carbons (Fsp3) is 0.125. The number of nitrogens with zero attached hydrogens (tertiary/aromatic N) is 5. The largest absolute Gasteiger partial charge is 0.377 e. The molecule has 4 rings (SSSR count). The average molecular weight is 325 g/mol. The Kier molecular flexibility index (Phi) is 3.31. The van der Waals surface area contributed by atoms with Gasteiger partial charge in [-0.05, 0) is 30.3 Å². The summed E-state index contributed by atoms with van der Waals surface area (Å²) in [6, 6.07) is 7.45. The molecule has 0 saturated heterocycles. The number of methoxy groups -OCH3 is 1. The number of aromatic nitrogens is 5. The lowest BCUT2D eigenvalue weighted by Gasteiger charge is -2.07.